The minimum Gasteiger partial charge on any atom is -0.497 e. The number of piperidine rings is 1. The van der Waals surface area contributed by atoms with Gasteiger partial charge in [0.25, 0.3) is 0 Å². The summed E-state index contributed by atoms with van der Waals surface area (Å²) in [5.74, 6) is 0.764. The summed E-state index contributed by atoms with van der Waals surface area (Å²) in [5, 5.41) is 3.67. The van der Waals surface area contributed by atoms with E-state index in [2.05, 4.69) is 17.4 Å². The molecule has 0 radical (unpaired) electrons. The van der Waals surface area contributed by atoms with Crippen LogP contribution in [-0.4, -0.2) is 37.6 Å². The van der Waals surface area contributed by atoms with Crippen molar-refractivity contribution in [2.75, 3.05) is 26.7 Å². The Bertz CT molecular complexity index is 950. The number of benzene rings is 2. The molecule has 7 heteroatoms. The van der Waals surface area contributed by atoms with E-state index in [4.69, 9.17) is 4.74 Å². The maximum atomic E-state index is 13.2. The fourth-order valence-corrected chi connectivity index (χ4v) is 4.90. The maximum Gasteiger partial charge on any atom is 0.416 e. The zero-order valence-corrected chi connectivity index (χ0v) is 17.6. The van der Waals surface area contributed by atoms with E-state index in [1.807, 2.05) is 6.07 Å². The van der Waals surface area contributed by atoms with Crippen LogP contribution in [-0.2, 0) is 29.4 Å². The van der Waals surface area contributed by atoms with E-state index in [0.717, 1.165) is 37.6 Å². The Morgan fingerprint density at radius 1 is 1.16 bits per heavy atom. The van der Waals surface area contributed by atoms with E-state index in [1.165, 1.54) is 23.3 Å². The highest BCUT2D eigenvalue weighted by atomic mass is 19.4. The van der Waals surface area contributed by atoms with Crippen molar-refractivity contribution in [3.63, 3.8) is 0 Å². The molecule has 2 aromatic carbocycles. The van der Waals surface area contributed by atoms with Crippen molar-refractivity contribution >= 4 is 5.91 Å². The topological polar surface area (TPSA) is 41.6 Å². The van der Waals surface area contributed by atoms with Gasteiger partial charge in [-0.25, -0.2) is 0 Å². The molecule has 1 N–H and O–H groups in total. The number of carbonyl (C=O) groups is 1. The van der Waals surface area contributed by atoms with E-state index >= 15 is 0 Å². The van der Waals surface area contributed by atoms with Gasteiger partial charge in [-0.15, -0.1) is 0 Å². The zero-order chi connectivity index (χ0) is 22.1. The number of halogens is 3. The van der Waals surface area contributed by atoms with E-state index in [9.17, 15) is 18.0 Å². The molecule has 4 rings (SSSR count). The number of likely N-dealkylation sites (tertiary alicyclic amines) is 1. The predicted molar refractivity (Wildman–Crippen MR) is 112 cm³/mol. The molecule has 2 heterocycles. The van der Waals surface area contributed by atoms with Crippen LogP contribution in [0.5, 0.6) is 5.75 Å². The van der Waals surface area contributed by atoms with Gasteiger partial charge in [0.1, 0.15) is 5.75 Å². The summed E-state index contributed by atoms with van der Waals surface area (Å²) < 4.78 is 44.9. The quantitative estimate of drug-likeness (QED) is 0.783. The number of methoxy groups -OCH3 is 1. The maximum absolute atomic E-state index is 13.2. The Hall–Kier alpha value is -2.54. The van der Waals surface area contributed by atoms with Crippen LogP contribution in [0.15, 0.2) is 42.5 Å². The van der Waals surface area contributed by atoms with Crippen molar-refractivity contribution in [2.24, 2.45) is 0 Å². The number of rotatable bonds is 4. The molecule has 31 heavy (non-hydrogen) atoms. The minimum atomic E-state index is -4.40. The predicted octanol–water partition coefficient (Wildman–Crippen LogP) is 4.31. The summed E-state index contributed by atoms with van der Waals surface area (Å²) in [7, 11) is 1.66. The molecule has 1 spiro atoms. The molecule has 0 aromatic heterocycles. The van der Waals surface area contributed by atoms with Crippen molar-refractivity contribution < 1.29 is 22.7 Å². The molecule has 1 saturated heterocycles. The first-order valence-corrected chi connectivity index (χ1v) is 10.7. The van der Waals surface area contributed by atoms with Crippen LogP contribution in [0.3, 0.4) is 0 Å². The number of hydrogen-bond acceptors (Lipinski definition) is 3. The lowest BCUT2D eigenvalue weighted by Crippen LogP contribution is -2.55. The van der Waals surface area contributed by atoms with Gasteiger partial charge < -0.3 is 15.0 Å². The van der Waals surface area contributed by atoms with Crippen molar-refractivity contribution in [3.8, 4) is 5.75 Å². The standard InChI is InChI=1S/C24H27F3N2O2/c1-31-19-7-8-20-18(16-19)10-13-28-23(20)11-14-29(15-12-23)22(30)9-6-17-4-2-3-5-21(17)24(25,26)27/h2-5,7-8,16,28H,6,9-15H2,1H3. The van der Waals surface area contributed by atoms with Gasteiger partial charge in [0.05, 0.1) is 12.7 Å². The zero-order valence-electron chi connectivity index (χ0n) is 17.6. The smallest absolute Gasteiger partial charge is 0.416 e. The second kappa shape index (κ2) is 8.54. The molecular formula is C24H27F3N2O2. The van der Waals surface area contributed by atoms with Gasteiger partial charge in [0, 0.05) is 31.6 Å². The molecule has 2 aromatic rings. The average Bonchev–Trinajstić information content (AvgIpc) is 2.77. The second-order valence-electron chi connectivity index (χ2n) is 8.32. The Morgan fingerprint density at radius 2 is 1.90 bits per heavy atom. The number of hydrogen-bond donors (Lipinski definition) is 1. The molecule has 4 nitrogen and oxygen atoms in total. The lowest BCUT2D eigenvalue weighted by Gasteiger charge is -2.46. The monoisotopic (exact) mass is 432 g/mol. The third-order valence-electron chi connectivity index (χ3n) is 6.59. The Kier molecular flexibility index (Phi) is 5.97. The van der Waals surface area contributed by atoms with Crippen LogP contribution in [0.1, 0.15) is 41.5 Å². The Balaban J connectivity index is 1.40. The van der Waals surface area contributed by atoms with Gasteiger partial charge >= 0.3 is 6.18 Å². The number of ether oxygens (including phenoxy) is 1. The molecule has 0 saturated carbocycles. The molecule has 0 bridgehead atoms. The number of fused-ring (bicyclic) bond motifs is 2. The highest BCUT2D eigenvalue weighted by Crippen LogP contribution is 2.39. The summed E-state index contributed by atoms with van der Waals surface area (Å²) in [6, 6.07) is 11.7. The molecule has 0 atom stereocenters. The number of nitrogens with one attached hydrogen (secondary N) is 1. The minimum absolute atomic E-state index is 0.0846. The van der Waals surface area contributed by atoms with Crippen LogP contribution in [0.2, 0.25) is 0 Å². The van der Waals surface area contributed by atoms with Crippen molar-refractivity contribution in [1.82, 2.24) is 10.2 Å². The van der Waals surface area contributed by atoms with Crippen molar-refractivity contribution in [2.45, 2.75) is 43.8 Å². The van der Waals surface area contributed by atoms with Crippen LogP contribution in [0.25, 0.3) is 0 Å². The Morgan fingerprint density at radius 3 is 2.61 bits per heavy atom. The number of nitrogens with zero attached hydrogens (tertiary/aromatic N) is 1. The third-order valence-corrected chi connectivity index (χ3v) is 6.59. The lowest BCUT2D eigenvalue weighted by molar-refractivity contribution is -0.139. The summed E-state index contributed by atoms with van der Waals surface area (Å²) in [4.78, 5) is 14.5. The molecule has 2 aliphatic heterocycles. The first-order chi connectivity index (χ1) is 14.8. The Labute approximate surface area is 180 Å². The first-order valence-electron chi connectivity index (χ1n) is 10.7. The van der Waals surface area contributed by atoms with E-state index < -0.39 is 11.7 Å². The lowest BCUT2D eigenvalue weighted by atomic mass is 9.75. The van der Waals surface area contributed by atoms with Crippen LogP contribution < -0.4 is 10.1 Å². The van der Waals surface area contributed by atoms with E-state index in [0.29, 0.717) is 13.1 Å². The fourth-order valence-electron chi connectivity index (χ4n) is 4.90. The van der Waals surface area contributed by atoms with Gasteiger partial charge in [0.2, 0.25) is 5.91 Å². The average molecular weight is 432 g/mol. The van der Waals surface area contributed by atoms with Gasteiger partial charge in [-0.1, -0.05) is 24.3 Å². The first kappa shape index (κ1) is 21.7. The summed E-state index contributed by atoms with van der Waals surface area (Å²) in [5.41, 5.74) is 1.92. The summed E-state index contributed by atoms with van der Waals surface area (Å²) >= 11 is 0. The molecule has 1 amide bonds. The second-order valence-corrected chi connectivity index (χ2v) is 8.32. The summed E-state index contributed by atoms with van der Waals surface area (Å²) in [6.07, 6.45) is -1.71. The molecule has 1 fully saturated rings. The van der Waals surface area contributed by atoms with E-state index in [1.54, 1.807) is 18.1 Å². The number of aryl methyl sites for hydroxylation is 1. The molecular weight excluding hydrogens is 405 g/mol. The van der Waals surface area contributed by atoms with Crippen LogP contribution >= 0.6 is 0 Å². The van der Waals surface area contributed by atoms with Crippen LogP contribution in [0, 0.1) is 0 Å². The highest BCUT2D eigenvalue weighted by Gasteiger charge is 2.40. The van der Waals surface area contributed by atoms with Gasteiger partial charge in [0.15, 0.2) is 0 Å². The molecule has 166 valence electrons. The normalized spacial score (nSPS) is 18.0. The molecule has 2 aliphatic rings. The van der Waals surface area contributed by atoms with Gasteiger partial charge in [-0.05, 0) is 60.6 Å². The fraction of sp³-hybridized carbons (Fsp3) is 0.458. The summed E-state index contributed by atoms with van der Waals surface area (Å²) in [6.45, 7) is 2.07. The third kappa shape index (κ3) is 4.42. The van der Waals surface area contributed by atoms with Crippen LogP contribution in [0.4, 0.5) is 13.2 Å². The van der Waals surface area contributed by atoms with Gasteiger partial charge in [-0.3, -0.25) is 4.79 Å². The van der Waals surface area contributed by atoms with Crippen molar-refractivity contribution in [1.29, 1.82) is 0 Å². The van der Waals surface area contributed by atoms with Gasteiger partial charge in [-0.2, -0.15) is 13.2 Å². The van der Waals surface area contributed by atoms with E-state index in [-0.39, 0.29) is 29.9 Å². The number of amides is 1. The van der Waals surface area contributed by atoms with Crippen molar-refractivity contribution in [3.05, 3.63) is 64.7 Å². The molecule has 0 unspecified atom stereocenters. The number of carbonyl (C=O) groups excluding carboxylic acids is 1. The largest absolute Gasteiger partial charge is 0.497 e. The molecule has 0 aliphatic carbocycles. The number of alkyl halides is 3. The SMILES string of the molecule is COc1ccc2c(c1)CCNC21CCN(C(=O)CCc2ccccc2C(F)(F)F)CC1. The highest BCUT2D eigenvalue weighted by molar-refractivity contribution is 5.76.